The molecule has 5 aliphatic rings. The smallest absolute Gasteiger partial charge is 0.306 e. The van der Waals surface area contributed by atoms with Crippen LogP contribution in [0.3, 0.4) is 0 Å². The highest BCUT2D eigenvalue weighted by atomic mass is 16.5. The van der Waals surface area contributed by atoms with Crippen LogP contribution in [0.15, 0.2) is 12.2 Å². The van der Waals surface area contributed by atoms with E-state index in [-0.39, 0.29) is 58.0 Å². The zero-order valence-corrected chi connectivity index (χ0v) is 27.4. The summed E-state index contributed by atoms with van der Waals surface area (Å²) in [6.07, 6.45) is 10.9. The van der Waals surface area contributed by atoms with Gasteiger partial charge in [0.05, 0.1) is 19.4 Å². The lowest BCUT2D eigenvalue weighted by Crippen LogP contribution is -2.67. The van der Waals surface area contributed by atoms with Gasteiger partial charge in [0.1, 0.15) is 6.10 Å². The van der Waals surface area contributed by atoms with Gasteiger partial charge in [0.2, 0.25) is 0 Å². The van der Waals surface area contributed by atoms with Crippen molar-refractivity contribution in [3.63, 3.8) is 0 Å². The third kappa shape index (κ3) is 4.67. The second-order valence-corrected chi connectivity index (χ2v) is 16.6. The van der Waals surface area contributed by atoms with Gasteiger partial charge in [0, 0.05) is 17.8 Å². The topological polar surface area (TPSA) is 89.9 Å². The maximum atomic E-state index is 12.6. The van der Waals surface area contributed by atoms with Crippen molar-refractivity contribution < 1.29 is 29.0 Å². The van der Waals surface area contributed by atoms with Crippen molar-refractivity contribution in [3.8, 4) is 0 Å². The number of hydrogen-bond acceptors (Lipinski definition) is 5. The molecule has 10 atom stereocenters. The molecule has 0 unspecified atom stereocenters. The first-order chi connectivity index (χ1) is 19.5. The normalized spacial score (nSPS) is 45.4. The number of hydrogen-bond donors (Lipinski definition) is 1. The Hall–Kier alpha value is -1.85. The quantitative estimate of drug-likeness (QED) is 0.241. The molecule has 0 heterocycles. The number of carbonyl (C=O) groups excluding carboxylic acids is 2. The number of aliphatic carboxylic acids is 1. The van der Waals surface area contributed by atoms with Gasteiger partial charge < -0.3 is 14.6 Å². The summed E-state index contributed by atoms with van der Waals surface area (Å²) in [6.45, 7) is 21.2. The van der Waals surface area contributed by atoms with E-state index in [1.807, 2.05) is 0 Å². The molecule has 42 heavy (non-hydrogen) atoms. The number of allylic oxidation sites excluding steroid dienone is 1. The number of carboxylic acid groups (broad SMARTS) is 1. The Balaban J connectivity index is 1.42. The summed E-state index contributed by atoms with van der Waals surface area (Å²) in [6, 6.07) is 0. The molecule has 0 aliphatic heterocycles. The van der Waals surface area contributed by atoms with E-state index < -0.39 is 5.97 Å². The van der Waals surface area contributed by atoms with E-state index in [9.17, 15) is 14.4 Å². The van der Waals surface area contributed by atoms with Crippen LogP contribution in [0.25, 0.3) is 0 Å². The second-order valence-electron chi connectivity index (χ2n) is 16.6. The fourth-order valence-electron chi connectivity index (χ4n) is 12.4. The lowest BCUT2D eigenvalue weighted by atomic mass is 9.32. The molecule has 0 amide bonds. The molecular weight excluding hydrogens is 528 g/mol. The fourth-order valence-corrected chi connectivity index (χ4v) is 12.4. The van der Waals surface area contributed by atoms with Gasteiger partial charge in [-0.3, -0.25) is 14.4 Å². The van der Waals surface area contributed by atoms with Crippen LogP contribution in [0.1, 0.15) is 126 Å². The summed E-state index contributed by atoms with van der Waals surface area (Å²) in [7, 11) is 0. The molecule has 6 heteroatoms. The Morgan fingerprint density at radius 2 is 1.52 bits per heavy atom. The van der Waals surface area contributed by atoms with Crippen LogP contribution in [0, 0.1) is 56.7 Å². The van der Waals surface area contributed by atoms with E-state index in [0.717, 1.165) is 38.5 Å². The monoisotopic (exact) mass is 584 g/mol. The minimum atomic E-state index is -0.961. The highest BCUT2D eigenvalue weighted by molar-refractivity contribution is 5.76. The summed E-state index contributed by atoms with van der Waals surface area (Å²) in [5, 5.41) is 9.02. The molecule has 0 saturated heterocycles. The third-order valence-corrected chi connectivity index (χ3v) is 14.6. The van der Waals surface area contributed by atoms with Gasteiger partial charge in [-0.2, -0.15) is 0 Å². The third-order valence-electron chi connectivity index (χ3n) is 14.6. The molecular formula is C36H56O6. The zero-order chi connectivity index (χ0) is 30.9. The first kappa shape index (κ1) is 31.6. The molecule has 0 spiro atoms. The number of carbonyl (C=O) groups is 3. The molecule has 6 nitrogen and oxygen atoms in total. The van der Waals surface area contributed by atoms with Crippen molar-refractivity contribution in [2.75, 3.05) is 6.61 Å². The van der Waals surface area contributed by atoms with Crippen LogP contribution < -0.4 is 0 Å². The molecule has 5 fully saturated rings. The molecule has 0 radical (unpaired) electrons. The molecule has 236 valence electrons. The summed E-state index contributed by atoms with van der Waals surface area (Å²) in [4.78, 5) is 35.5. The first-order valence-corrected chi connectivity index (χ1v) is 16.7. The maximum absolute atomic E-state index is 12.6. The summed E-state index contributed by atoms with van der Waals surface area (Å²) in [5.74, 6) is 1.19. The molecule has 5 saturated carbocycles. The summed E-state index contributed by atoms with van der Waals surface area (Å²) in [5.41, 5.74) is 1.83. The standard InChI is InChI=1S/C36H56O6/c1-22(2)24-13-18-36(21-41-23(3)37)20-19-34(7)25(31(24)36)9-10-27-33(6)16-15-28(42-30(40)12-11-29(38)39)32(4,5)26(33)14-17-35(27,34)8/h24-28,31H,1,9-21H2,2-8H3,(H,38,39)/t24-,25+,26-,27-,28-,31-,33-,34+,35+,36-/m0/s1. The van der Waals surface area contributed by atoms with E-state index in [0.29, 0.717) is 36.2 Å². The van der Waals surface area contributed by atoms with E-state index in [2.05, 4.69) is 48.1 Å². The number of rotatable bonds is 7. The van der Waals surface area contributed by atoms with Crippen molar-refractivity contribution >= 4 is 17.9 Å². The van der Waals surface area contributed by atoms with E-state index >= 15 is 0 Å². The molecule has 0 bridgehead atoms. The van der Waals surface area contributed by atoms with Crippen molar-refractivity contribution in [3.05, 3.63) is 12.2 Å². The van der Waals surface area contributed by atoms with Crippen molar-refractivity contribution in [2.45, 2.75) is 132 Å². The van der Waals surface area contributed by atoms with Gasteiger partial charge in [-0.25, -0.2) is 0 Å². The SMILES string of the molecule is C=C(C)[C@@H]1CC[C@@]2(COC(C)=O)CC[C@]3(C)[C@H](CC[C@H]4[C@@]5(C)CC[C@H](OC(=O)CCC(=O)O)C(C)(C)[C@@H]5CC[C@]43C)[C@H]12. The van der Waals surface area contributed by atoms with E-state index in [1.54, 1.807) is 6.92 Å². The van der Waals surface area contributed by atoms with E-state index in [4.69, 9.17) is 14.6 Å². The molecule has 5 aliphatic carbocycles. The minimum Gasteiger partial charge on any atom is -0.481 e. The second kappa shape index (κ2) is 10.6. The molecule has 0 aromatic carbocycles. The molecule has 0 aromatic heterocycles. The number of carboxylic acids is 1. The van der Waals surface area contributed by atoms with Crippen molar-refractivity contribution in [2.24, 2.45) is 56.7 Å². The molecule has 1 N–H and O–H groups in total. The lowest BCUT2D eigenvalue weighted by molar-refractivity contribution is -0.252. The average molecular weight is 585 g/mol. The predicted molar refractivity (Wildman–Crippen MR) is 162 cm³/mol. The number of fused-ring (bicyclic) bond motifs is 7. The highest BCUT2D eigenvalue weighted by Gasteiger charge is 2.71. The maximum Gasteiger partial charge on any atom is 0.306 e. The van der Waals surface area contributed by atoms with Gasteiger partial charge >= 0.3 is 17.9 Å². The minimum absolute atomic E-state index is 0.0599. The number of esters is 2. The van der Waals surface area contributed by atoms with Crippen LogP contribution in [0.5, 0.6) is 0 Å². The lowest BCUT2D eigenvalue weighted by Gasteiger charge is -2.73. The Bertz CT molecular complexity index is 1130. The van der Waals surface area contributed by atoms with Crippen LogP contribution in [-0.2, 0) is 23.9 Å². The largest absolute Gasteiger partial charge is 0.481 e. The zero-order valence-electron chi connectivity index (χ0n) is 27.4. The van der Waals surface area contributed by atoms with Crippen LogP contribution in [-0.4, -0.2) is 35.7 Å². The van der Waals surface area contributed by atoms with E-state index in [1.165, 1.54) is 31.3 Å². The van der Waals surface area contributed by atoms with Crippen LogP contribution >= 0.6 is 0 Å². The van der Waals surface area contributed by atoms with Crippen LogP contribution in [0.4, 0.5) is 0 Å². The predicted octanol–water partition coefficient (Wildman–Crippen LogP) is 7.98. The van der Waals surface area contributed by atoms with Crippen LogP contribution in [0.2, 0.25) is 0 Å². The molecule has 0 aromatic rings. The van der Waals surface area contributed by atoms with Gasteiger partial charge in [0.25, 0.3) is 0 Å². The highest BCUT2D eigenvalue weighted by Crippen LogP contribution is 2.77. The summed E-state index contributed by atoms with van der Waals surface area (Å²) < 4.78 is 11.8. The Kier molecular flexibility index (Phi) is 8.00. The number of ether oxygens (including phenoxy) is 2. The fraction of sp³-hybridized carbons (Fsp3) is 0.861. The van der Waals surface area contributed by atoms with Crippen molar-refractivity contribution in [1.29, 1.82) is 0 Å². The average Bonchev–Trinajstić information content (AvgIpc) is 3.29. The Morgan fingerprint density at radius 1 is 0.810 bits per heavy atom. The first-order valence-electron chi connectivity index (χ1n) is 16.7. The van der Waals surface area contributed by atoms with Gasteiger partial charge in [0.15, 0.2) is 0 Å². The van der Waals surface area contributed by atoms with Crippen molar-refractivity contribution in [1.82, 2.24) is 0 Å². The summed E-state index contributed by atoms with van der Waals surface area (Å²) >= 11 is 0. The van der Waals surface area contributed by atoms with Gasteiger partial charge in [-0.15, -0.1) is 0 Å². The van der Waals surface area contributed by atoms with Gasteiger partial charge in [-0.05, 0) is 117 Å². The molecule has 5 rings (SSSR count). The van der Waals surface area contributed by atoms with Gasteiger partial charge in [-0.1, -0.05) is 46.8 Å². The Labute approximate surface area is 253 Å². The Morgan fingerprint density at radius 3 is 2.17 bits per heavy atom.